The van der Waals surface area contributed by atoms with E-state index in [-0.39, 0.29) is 0 Å². The highest BCUT2D eigenvalue weighted by Gasteiger charge is 2.17. The smallest absolute Gasteiger partial charge is 0.407 e. The number of piperidine rings is 1. The number of rotatable bonds is 3. The summed E-state index contributed by atoms with van der Waals surface area (Å²) in [7, 11) is 0. The van der Waals surface area contributed by atoms with Crippen molar-refractivity contribution in [2.24, 2.45) is 0 Å². The van der Waals surface area contributed by atoms with Gasteiger partial charge in [-0.05, 0) is 49.1 Å². The Morgan fingerprint density at radius 1 is 1.21 bits per heavy atom. The molecule has 1 aromatic carbocycles. The van der Waals surface area contributed by atoms with Gasteiger partial charge in [0.2, 0.25) is 0 Å². The van der Waals surface area contributed by atoms with Gasteiger partial charge in [0.15, 0.2) is 0 Å². The summed E-state index contributed by atoms with van der Waals surface area (Å²) in [6.07, 6.45) is 6.07. The van der Waals surface area contributed by atoms with Crippen LogP contribution in [0.15, 0.2) is 42.2 Å². The van der Waals surface area contributed by atoms with Crippen molar-refractivity contribution in [3.8, 4) is 11.8 Å². The third kappa shape index (κ3) is 4.10. The normalized spacial score (nSPS) is 14.4. The molecule has 0 bridgehead atoms. The lowest BCUT2D eigenvalue weighted by atomic mass is 10.0. The van der Waals surface area contributed by atoms with Crippen molar-refractivity contribution in [3.63, 3.8) is 0 Å². The Kier molecular flexibility index (Phi) is 4.74. The number of nitrogens with zero attached hydrogens (tertiary/aromatic N) is 3. The van der Waals surface area contributed by atoms with E-state index in [0.29, 0.717) is 24.8 Å². The average molecular weight is 325 g/mol. The van der Waals surface area contributed by atoms with E-state index in [1.807, 2.05) is 19.1 Å². The first-order valence-electron chi connectivity index (χ1n) is 7.84. The van der Waals surface area contributed by atoms with E-state index >= 15 is 0 Å². The van der Waals surface area contributed by atoms with Gasteiger partial charge in [-0.15, -0.1) is 0 Å². The molecule has 2 aromatic rings. The molecule has 1 aliphatic rings. The van der Waals surface area contributed by atoms with Gasteiger partial charge < -0.3 is 14.7 Å². The van der Waals surface area contributed by atoms with E-state index < -0.39 is 6.09 Å². The first-order valence-corrected chi connectivity index (χ1v) is 7.84. The number of benzene rings is 1. The topological polar surface area (TPSA) is 75.6 Å². The minimum absolute atomic E-state index is 0.316. The van der Waals surface area contributed by atoms with Gasteiger partial charge in [-0.1, -0.05) is 17.7 Å². The molecule has 1 aliphatic heterocycles. The first-order chi connectivity index (χ1) is 11.6. The summed E-state index contributed by atoms with van der Waals surface area (Å²) in [6, 6.07) is 8.01. The van der Waals surface area contributed by atoms with Gasteiger partial charge in [0.1, 0.15) is 5.75 Å². The number of ether oxygens (including phenoxy) is 1. The van der Waals surface area contributed by atoms with E-state index in [1.165, 1.54) is 10.5 Å². The van der Waals surface area contributed by atoms with Gasteiger partial charge in [0.25, 0.3) is 0 Å². The zero-order valence-electron chi connectivity index (χ0n) is 13.5. The highest BCUT2D eigenvalue weighted by molar-refractivity contribution is 5.65. The summed E-state index contributed by atoms with van der Waals surface area (Å²) >= 11 is 0. The summed E-state index contributed by atoms with van der Waals surface area (Å²) in [5.41, 5.74) is 3.37. The van der Waals surface area contributed by atoms with E-state index in [0.717, 1.165) is 24.0 Å². The standard InChI is InChI=1S/C18H19N3O3/c1-13-9-15(11-14-3-7-21(8-4-14)18(22)23)12-16(10-13)24-17-19-5-2-6-20-17/h2,5-6,9-12H,3-4,7-8H2,1H3,(H,22,23). The van der Waals surface area contributed by atoms with Crippen LogP contribution in [-0.4, -0.2) is 39.2 Å². The molecule has 0 saturated carbocycles. The van der Waals surface area contributed by atoms with Crippen molar-refractivity contribution in [2.45, 2.75) is 19.8 Å². The SMILES string of the molecule is Cc1cc(C=C2CCN(C(=O)O)CC2)cc(Oc2ncccn2)c1. The maximum absolute atomic E-state index is 11.0. The molecule has 1 fully saturated rings. The van der Waals surface area contributed by atoms with Crippen molar-refractivity contribution in [2.75, 3.05) is 13.1 Å². The number of hydrogen-bond acceptors (Lipinski definition) is 4. The number of likely N-dealkylation sites (tertiary alicyclic amines) is 1. The summed E-state index contributed by atoms with van der Waals surface area (Å²) in [5.74, 6) is 0.691. The molecule has 3 rings (SSSR count). The maximum Gasteiger partial charge on any atom is 0.407 e. The Hall–Kier alpha value is -2.89. The number of aromatic nitrogens is 2. The summed E-state index contributed by atoms with van der Waals surface area (Å²) in [4.78, 5) is 20.5. The molecule has 0 unspecified atom stereocenters. The first kappa shape index (κ1) is 16.0. The summed E-state index contributed by atoms with van der Waals surface area (Å²) in [6.45, 7) is 3.11. The minimum Gasteiger partial charge on any atom is -0.465 e. The minimum atomic E-state index is -0.844. The maximum atomic E-state index is 11.0. The second-order valence-electron chi connectivity index (χ2n) is 5.79. The molecular weight excluding hydrogens is 306 g/mol. The van der Waals surface area contributed by atoms with Crippen LogP contribution in [0, 0.1) is 6.92 Å². The highest BCUT2D eigenvalue weighted by atomic mass is 16.5. The monoisotopic (exact) mass is 325 g/mol. The van der Waals surface area contributed by atoms with Crippen molar-refractivity contribution in [1.82, 2.24) is 14.9 Å². The zero-order valence-corrected chi connectivity index (χ0v) is 13.5. The van der Waals surface area contributed by atoms with Crippen LogP contribution in [0.2, 0.25) is 0 Å². The predicted octanol–water partition coefficient (Wildman–Crippen LogP) is 3.73. The molecule has 1 aromatic heterocycles. The van der Waals surface area contributed by atoms with Crippen LogP contribution in [0.1, 0.15) is 24.0 Å². The van der Waals surface area contributed by atoms with Crippen LogP contribution in [0.5, 0.6) is 11.8 Å². The number of amides is 1. The molecule has 0 aliphatic carbocycles. The number of carbonyl (C=O) groups is 1. The van der Waals surface area contributed by atoms with Crippen molar-refractivity contribution >= 4 is 12.2 Å². The Bertz CT molecular complexity index is 749. The van der Waals surface area contributed by atoms with E-state index in [1.54, 1.807) is 18.5 Å². The van der Waals surface area contributed by atoms with Gasteiger partial charge >= 0.3 is 12.1 Å². The molecule has 124 valence electrons. The fourth-order valence-electron chi connectivity index (χ4n) is 2.73. The molecule has 0 radical (unpaired) electrons. The molecule has 1 N–H and O–H groups in total. The summed E-state index contributed by atoms with van der Waals surface area (Å²) < 4.78 is 5.70. The van der Waals surface area contributed by atoms with Crippen LogP contribution in [-0.2, 0) is 0 Å². The highest BCUT2D eigenvalue weighted by Crippen LogP contribution is 2.25. The fourth-order valence-corrected chi connectivity index (χ4v) is 2.73. The van der Waals surface area contributed by atoms with Gasteiger partial charge in [0, 0.05) is 25.5 Å². The van der Waals surface area contributed by atoms with Crippen LogP contribution in [0.3, 0.4) is 0 Å². The lowest BCUT2D eigenvalue weighted by Gasteiger charge is -2.25. The molecular formula is C18H19N3O3. The zero-order chi connectivity index (χ0) is 16.9. The van der Waals surface area contributed by atoms with Crippen LogP contribution < -0.4 is 4.74 Å². The second-order valence-corrected chi connectivity index (χ2v) is 5.79. The Labute approximate surface area is 140 Å². The van der Waals surface area contributed by atoms with Crippen molar-refractivity contribution in [3.05, 3.63) is 53.4 Å². The fraction of sp³-hybridized carbons (Fsp3) is 0.278. The van der Waals surface area contributed by atoms with Crippen LogP contribution >= 0.6 is 0 Å². The van der Waals surface area contributed by atoms with Crippen molar-refractivity contribution < 1.29 is 14.6 Å². The van der Waals surface area contributed by atoms with Crippen molar-refractivity contribution in [1.29, 1.82) is 0 Å². The molecule has 24 heavy (non-hydrogen) atoms. The Balaban J connectivity index is 1.74. The number of aryl methyl sites for hydroxylation is 1. The Morgan fingerprint density at radius 2 is 1.92 bits per heavy atom. The lowest BCUT2D eigenvalue weighted by Crippen LogP contribution is -2.35. The second kappa shape index (κ2) is 7.12. The average Bonchev–Trinajstić information content (AvgIpc) is 2.55. The Morgan fingerprint density at radius 3 is 2.58 bits per heavy atom. The third-order valence-corrected chi connectivity index (χ3v) is 3.87. The molecule has 6 heteroatoms. The van der Waals surface area contributed by atoms with E-state index in [2.05, 4.69) is 22.1 Å². The molecule has 0 spiro atoms. The van der Waals surface area contributed by atoms with Gasteiger partial charge in [-0.25, -0.2) is 14.8 Å². The van der Waals surface area contributed by atoms with Gasteiger partial charge in [-0.2, -0.15) is 0 Å². The molecule has 1 amide bonds. The lowest BCUT2D eigenvalue weighted by molar-refractivity contribution is 0.142. The quantitative estimate of drug-likeness (QED) is 0.930. The van der Waals surface area contributed by atoms with E-state index in [4.69, 9.17) is 9.84 Å². The van der Waals surface area contributed by atoms with Crippen LogP contribution in [0.4, 0.5) is 4.79 Å². The van der Waals surface area contributed by atoms with Crippen LogP contribution in [0.25, 0.3) is 6.08 Å². The summed E-state index contributed by atoms with van der Waals surface area (Å²) in [5, 5.41) is 9.01. The van der Waals surface area contributed by atoms with Gasteiger partial charge in [-0.3, -0.25) is 0 Å². The van der Waals surface area contributed by atoms with Gasteiger partial charge in [0.05, 0.1) is 0 Å². The molecule has 2 heterocycles. The third-order valence-electron chi connectivity index (χ3n) is 3.87. The molecule has 0 atom stereocenters. The largest absolute Gasteiger partial charge is 0.465 e. The predicted molar refractivity (Wildman–Crippen MR) is 90.1 cm³/mol. The number of hydrogen-bond donors (Lipinski definition) is 1. The number of carboxylic acid groups (broad SMARTS) is 1. The molecule has 1 saturated heterocycles. The molecule has 6 nitrogen and oxygen atoms in total. The van der Waals surface area contributed by atoms with E-state index in [9.17, 15) is 4.79 Å².